The molecule has 4 nitrogen and oxygen atoms in total. The minimum atomic E-state index is -0.106. The van der Waals surface area contributed by atoms with Gasteiger partial charge in [-0.05, 0) is 51.1 Å². The number of nitrogens with zero attached hydrogens (tertiary/aromatic N) is 1. The van der Waals surface area contributed by atoms with E-state index in [0.29, 0.717) is 12.5 Å². The van der Waals surface area contributed by atoms with Crippen LogP contribution in [0.5, 0.6) is 0 Å². The molecule has 1 amide bonds. The first kappa shape index (κ1) is 16.0. The SMILES string of the molecule is CC(c1cccc(Cl)c1)N(C)CCCCC(=O)NN. The van der Waals surface area contributed by atoms with Crippen molar-refractivity contribution >= 4 is 17.5 Å². The monoisotopic (exact) mass is 283 g/mol. The second kappa shape index (κ2) is 8.15. The first-order valence-corrected chi connectivity index (χ1v) is 6.87. The van der Waals surface area contributed by atoms with Gasteiger partial charge in [-0.2, -0.15) is 0 Å². The molecular weight excluding hydrogens is 262 g/mol. The Morgan fingerprint density at radius 1 is 1.47 bits per heavy atom. The summed E-state index contributed by atoms with van der Waals surface area (Å²) in [5.74, 6) is 4.92. The number of hydrogen-bond donors (Lipinski definition) is 2. The predicted molar refractivity (Wildman–Crippen MR) is 78.7 cm³/mol. The summed E-state index contributed by atoms with van der Waals surface area (Å²) in [6.07, 6.45) is 2.29. The molecule has 1 aromatic rings. The number of rotatable bonds is 7. The topological polar surface area (TPSA) is 58.4 Å². The summed E-state index contributed by atoms with van der Waals surface area (Å²) < 4.78 is 0. The fourth-order valence-electron chi connectivity index (χ4n) is 1.93. The van der Waals surface area contributed by atoms with Gasteiger partial charge in [-0.1, -0.05) is 23.7 Å². The molecule has 106 valence electrons. The van der Waals surface area contributed by atoms with Crippen LogP contribution in [0.4, 0.5) is 0 Å². The van der Waals surface area contributed by atoms with Crippen molar-refractivity contribution < 1.29 is 4.79 Å². The molecule has 1 atom stereocenters. The molecule has 0 bridgehead atoms. The molecule has 3 N–H and O–H groups in total. The van der Waals surface area contributed by atoms with Crippen LogP contribution < -0.4 is 11.3 Å². The number of unbranched alkanes of at least 4 members (excludes halogenated alkanes) is 1. The highest BCUT2D eigenvalue weighted by atomic mass is 35.5. The maximum absolute atomic E-state index is 11.0. The summed E-state index contributed by atoms with van der Waals surface area (Å²) in [5.41, 5.74) is 3.34. The van der Waals surface area contributed by atoms with E-state index in [-0.39, 0.29) is 5.91 Å². The Morgan fingerprint density at radius 2 is 2.21 bits per heavy atom. The zero-order valence-electron chi connectivity index (χ0n) is 11.5. The van der Waals surface area contributed by atoms with Crippen LogP contribution in [0.2, 0.25) is 5.02 Å². The number of benzene rings is 1. The van der Waals surface area contributed by atoms with Crippen LogP contribution in [-0.4, -0.2) is 24.4 Å². The zero-order valence-corrected chi connectivity index (χ0v) is 12.3. The second-order valence-corrected chi connectivity index (χ2v) is 5.17. The van der Waals surface area contributed by atoms with E-state index in [9.17, 15) is 4.79 Å². The van der Waals surface area contributed by atoms with Crippen molar-refractivity contribution in [2.24, 2.45) is 5.84 Å². The lowest BCUT2D eigenvalue weighted by Crippen LogP contribution is -2.30. The molecule has 0 aliphatic rings. The molecule has 5 heteroatoms. The molecule has 19 heavy (non-hydrogen) atoms. The molecule has 0 saturated carbocycles. The summed E-state index contributed by atoms with van der Waals surface area (Å²) in [7, 11) is 2.08. The summed E-state index contributed by atoms with van der Waals surface area (Å²) in [5, 5.41) is 0.761. The Morgan fingerprint density at radius 3 is 2.84 bits per heavy atom. The third-order valence-corrected chi connectivity index (χ3v) is 3.55. The molecule has 0 aliphatic carbocycles. The third kappa shape index (κ3) is 5.59. The van der Waals surface area contributed by atoms with E-state index in [1.54, 1.807) is 0 Å². The molecule has 0 aliphatic heterocycles. The first-order chi connectivity index (χ1) is 9.04. The standard InChI is InChI=1S/C14H22ClN3O/c1-11(12-6-5-7-13(15)10-12)18(2)9-4-3-8-14(19)17-16/h5-7,10-11H,3-4,8-9,16H2,1-2H3,(H,17,19). The number of halogens is 1. The van der Waals surface area contributed by atoms with Gasteiger partial charge >= 0.3 is 0 Å². The van der Waals surface area contributed by atoms with Crippen molar-refractivity contribution in [3.8, 4) is 0 Å². The lowest BCUT2D eigenvalue weighted by atomic mass is 10.1. The van der Waals surface area contributed by atoms with Crippen molar-refractivity contribution in [3.63, 3.8) is 0 Å². The van der Waals surface area contributed by atoms with Crippen molar-refractivity contribution in [2.75, 3.05) is 13.6 Å². The second-order valence-electron chi connectivity index (χ2n) is 4.74. The van der Waals surface area contributed by atoms with Crippen LogP contribution in [0.15, 0.2) is 24.3 Å². The average Bonchev–Trinajstić information content (AvgIpc) is 2.42. The van der Waals surface area contributed by atoms with Crippen LogP contribution in [0.25, 0.3) is 0 Å². The Hall–Kier alpha value is -1.10. The highest BCUT2D eigenvalue weighted by molar-refractivity contribution is 6.30. The predicted octanol–water partition coefficient (Wildman–Crippen LogP) is 2.49. The van der Waals surface area contributed by atoms with Gasteiger partial charge in [-0.15, -0.1) is 0 Å². The van der Waals surface area contributed by atoms with Gasteiger partial charge in [0.05, 0.1) is 0 Å². The molecule has 0 spiro atoms. The minimum absolute atomic E-state index is 0.106. The van der Waals surface area contributed by atoms with Crippen LogP contribution >= 0.6 is 11.6 Å². The lowest BCUT2D eigenvalue weighted by Gasteiger charge is -2.25. The Bertz CT molecular complexity index is 411. The van der Waals surface area contributed by atoms with Crippen molar-refractivity contribution in [1.29, 1.82) is 0 Å². The van der Waals surface area contributed by atoms with E-state index >= 15 is 0 Å². The summed E-state index contributed by atoms with van der Waals surface area (Å²) in [6, 6.07) is 8.22. The first-order valence-electron chi connectivity index (χ1n) is 6.49. The number of hydrazine groups is 1. The van der Waals surface area contributed by atoms with Gasteiger partial charge in [-0.25, -0.2) is 5.84 Å². The minimum Gasteiger partial charge on any atom is -0.300 e. The molecule has 0 radical (unpaired) electrons. The van der Waals surface area contributed by atoms with Crippen molar-refractivity contribution in [1.82, 2.24) is 10.3 Å². The molecule has 0 heterocycles. The van der Waals surface area contributed by atoms with Gasteiger partial charge in [0.25, 0.3) is 0 Å². The van der Waals surface area contributed by atoms with Crippen LogP contribution in [0, 0.1) is 0 Å². The summed E-state index contributed by atoms with van der Waals surface area (Å²) >= 11 is 6.00. The van der Waals surface area contributed by atoms with Gasteiger partial charge < -0.3 is 0 Å². The highest BCUT2D eigenvalue weighted by Gasteiger charge is 2.11. The molecule has 1 aromatic carbocycles. The third-order valence-electron chi connectivity index (χ3n) is 3.32. The maximum Gasteiger partial charge on any atom is 0.233 e. The molecule has 0 aromatic heterocycles. The molecule has 1 unspecified atom stereocenters. The largest absolute Gasteiger partial charge is 0.300 e. The number of hydrogen-bond acceptors (Lipinski definition) is 3. The van der Waals surface area contributed by atoms with Crippen LogP contribution in [-0.2, 0) is 4.79 Å². The summed E-state index contributed by atoms with van der Waals surface area (Å²) in [6.45, 7) is 3.09. The van der Waals surface area contributed by atoms with E-state index in [2.05, 4.69) is 30.4 Å². The Kier molecular flexibility index (Phi) is 6.84. The van der Waals surface area contributed by atoms with E-state index in [1.807, 2.05) is 18.2 Å². The van der Waals surface area contributed by atoms with Gasteiger partial charge in [0.2, 0.25) is 5.91 Å². The maximum atomic E-state index is 11.0. The normalized spacial score (nSPS) is 12.5. The average molecular weight is 284 g/mol. The van der Waals surface area contributed by atoms with Crippen LogP contribution in [0.1, 0.15) is 37.8 Å². The van der Waals surface area contributed by atoms with Gasteiger partial charge in [0.1, 0.15) is 0 Å². The number of nitrogens with one attached hydrogen (secondary N) is 1. The Balaban J connectivity index is 2.36. The highest BCUT2D eigenvalue weighted by Crippen LogP contribution is 2.22. The summed E-state index contributed by atoms with van der Waals surface area (Å²) in [4.78, 5) is 13.2. The van der Waals surface area contributed by atoms with Gasteiger partial charge in [0, 0.05) is 17.5 Å². The smallest absolute Gasteiger partial charge is 0.233 e. The quantitative estimate of drug-likeness (QED) is 0.350. The zero-order chi connectivity index (χ0) is 14.3. The van der Waals surface area contributed by atoms with E-state index in [4.69, 9.17) is 17.4 Å². The van der Waals surface area contributed by atoms with E-state index < -0.39 is 0 Å². The number of amides is 1. The number of carbonyl (C=O) groups is 1. The van der Waals surface area contributed by atoms with Crippen molar-refractivity contribution in [3.05, 3.63) is 34.9 Å². The Labute approximate surface area is 119 Å². The van der Waals surface area contributed by atoms with Crippen molar-refractivity contribution in [2.45, 2.75) is 32.2 Å². The molecule has 0 saturated heterocycles. The number of nitrogens with two attached hydrogens (primary N) is 1. The fourth-order valence-corrected chi connectivity index (χ4v) is 2.13. The van der Waals surface area contributed by atoms with Gasteiger partial charge in [-0.3, -0.25) is 15.1 Å². The molecule has 1 rings (SSSR count). The van der Waals surface area contributed by atoms with E-state index in [1.165, 1.54) is 5.56 Å². The molecule has 0 fully saturated rings. The number of carbonyl (C=O) groups excluding carboxylic acids is 1. The van der Waals surface area contributed by atoms with E-state index in [0.717, 1.165) is 24.4 Å². The van der Waals surface area contributed by atoms with Gasteiger partial charge in [0.15, 0.2) is 0 Å². The lowest BCUT2D eigenvalue weighted by molar-refractivity contribution is -0.121. The van der Waals surface area contributed by atoms with Crippen LogP contribution in [0.3, 0.4) is 0 Å². The molecular formula is C14H22ClN3O. The fraction of sp³-hybridized carbons (Fsp3) is 0.500.